The SMILES string of the molecule is NCC(F)c1cnn(-c2ccccc2)c1. The topological polar surface area (TPSA) is 43.8 Å². The van der Waals surface area contributed by atoms with Crippen LogP contribution in [0, 0.1) is 0 Å². The smallest absolute Gasteiger partial charge is 0.140 e. The Balaban J connectivity index is 2.28. The Hall–Kier alpha value is -1.68. The van der Waals surface area contributed by atoms with Gasteiger partial charge in [-0.3, -0.25) is 0 Å². The lowest BCUT2D eigenvalue weighted by Crippen LogP contribution is -2.06. The maximum Gasteiger partial charge on any atom is 0.140 e. The highest BCUT2D eigenvalue weighted by Gasteiger charge is 2.09. The minimum absolute atomic E-state index is 0.0134. The van der Waals surface area contributed by atoms with Gasteiger partial charge in [0, 0.05) is 18.3 Å². The van der Waals surface area contributed by atoms with Crippen LogP contribution in [0.2, 0.25) is 0 Å². The average Bonchev–Trinajstić information content (AvgIpc) is 2.78. The first-order valence-corrected chi connectivity index (χ1v) is 4.75. The van der Waals surface area contributed by atoms with Gasteiger partial charge in [-0.05, 0) is 12.1 Å². The van der Waals surface area contributed by atoms with Crippen LogP contribution in [0.1, 0.15) is 11.7 Å². The number of para-hydroxylation sites is 1. The number of halogens is 1. The van der Waals surface area contributed by atoms with E-state index in [1.165, 1.54) is 6.20 Å². The molecule has 1 aromatic heterocycles. The molecular weight excluding hydrogens is 193 g/mol. The van der Waals surface area contributed by atoms with Crippen molar-refractivity contribution in [2.45, 2.75) is 6.17 Å². The standard InChI is InChI=1S/C11H12FN3/c12-11(6-13)9-7-14-15(8-9)10-4-2-1-3-5-10/h1-5,7-8,11H,6,13H2. The monoisotopic (exact) mass is 205 g/mol. The van der Waals surface area contributed by atoms with Crippen molar-refractivity contribution in [3.63, 3.8) is 0 Å². The van der Waals surface area contributed by atoms with Crippen molar-refractivity contribution < 1.29 is 4.39 Å². The molecule has 1 unspecified atom stereocenters. The summed E-state index contributed by atoms with van der Waals surface area (Å²) in [6, 6.07) is 9.56. The zero-order chi connectivity index (χ0) is 10.7. The summed E-state index contributed by atoms with van der Waals surface area (Å²) in [5, 5.41) is 4.08. The van der Waals surface area contributed by atoms with Crippen molar-refractivity contribution in [1.29, 1.82) is 0 Å². The van der Waals surface area contributed by atoms with Crippen molar-refractivity contribution in [3.8, 4) is 5.69 Å². The van der Waals surface area contributed by atoms with E-state index in [2.05, 4.69) is 5.10 Å². The Kier molecular flexibility index (Phi) is 2.78. The molecule has 1 aromatic carbocycles. The lowest BCUT2D eigenvalue weighted by Gasteiger charge is -2.01. The molecular formula is C11H12FN3. The molecule has 2 N–H and O–H groups in total. The minimum atomic E-state index is -1.14. The Morgan fingerprint density at radius 1 is 1.33 bits per heavy atom. The van der Waals surface area contributed by atoms with Crippen molar-refractivity contribution >= 4 is 0 Å². The van der Waals surface area contributed by atoms with Crippen LogP contribution in [0.15, 0.2) is 42.7 Å². The Labute approximate surface area is 87.3 Å². The van der Waals surface area contributed by atoms with Crippen molar-refractivity contribution in [2.75, 3.05) is 6.54 Å². The van der Waals surface area contributed by atoms with Crippen molar-refractivity contribution in [2.24, 2.45) is 5.73 Å². The normalized spacial score (nSPS) is 12.7. The third kappa shape index (κ3) is 2.05. The summed E-state index contributed by atoms with van der Waals surface area (Å²) in [7, 11) is 0. The van der Waals surface area contributed by atoms with E-state index in [0.717, 1.165) is 5.69 Å². The lowest BCUT2D eigenvalue weighted by molar-refractivity contribution is 0.353. The summed E-state index contributed by atoms with van der Waals surface area (Å²) < 4.78 is 14.9. The molecule has 0 radical (unpaired) electrons. The number of aromatic nitrogens is 2. The summed E-state index contributed by atoms with van der Waals surface area (Å²) in [4.78, 5) is 0. The van der Waals surface area contributed by atoms with Crippen LogP contribution in [0.25, 0.3) is 5.69 Å². The predicted molar refractivity (Wildman–Crippen MR) is 56.5 cm³/mol. The van der Waals surface area contributed by atoms with E-state index < -0.39 is 6.17 Å². The van der Waals surface area contributed by atoms with Crippen LogP contribution in [0.5, 0.6) is 0 Å². The van der Waals surface area contributed by atoms with Crippen LogP contribution in [0.4, 0.5) is 4.39 Å². The summed E-state index contributed by atoms with van der Waals surface area (Å²) in [5.41, 5.74) is 6.67. The van der Waals surface area contributed by atoms with Crippen LogP contribution in [-0.2, 0) is 0 Å². The van der Waals surface area contributed by atoms with Gasteiger partial charge in [0.05, 0.1) is 11.9 Å². The molecule has 0 aliphatic rings. The van der Waals surface area contributed by atoms with E-state index >= 15 is 0 Å². The Morgan fingerprint density at radius 3 is 2.73 bits per heavy atom. The number of nitrogens with zero attached hydrogens (tertiary/aromatic N) is 2. The van der Waals surface area contributed by atoms with Crippen LogP contribution in [-0.4, -0.2) is 16.3 Å². The number of benzene rings is 1. The van der Waals surface area contributed by atoms with E-state index in [0.29, 0.717) is 5.56 Å². The molecule has 1 atom stereocenters. The third-order valence-electron chi connectivity index (χ3n) is 2.19. The van der Waals surface area contributed by atoms with Gasteiger partial charge in [0.25, 0.3) is 0 Å². The molecule has 1 heterocycles. The fraction of sp³-hybridized carbons (Fsp3) is 0.182. The molecule has 0 aliphatic carbocycles. The average molecular weight is 205 g/mol. The Bertz CT molecular complexity index is 424. The second-order valence-electron chi connectivity index (χ2n) is 3.26. The first-order valence-electron chi connectivity index (χ1n) is 4.75. The minimum Gasteiger partial charge on any atom is -0.327 e. The zero-order valence-electron chi connectivity index (χ0n) is 8.18. The summed E-state index contributed by atoms with van der Waals surface area (Å²) in [6.45, 7) is -0.0134. The number of nitrogens with two attached hydrogens (primary N) is 1. The van der Waals surface area contributed by atoms with Gasteiger partial charge in [0.1, 0.15) is 6.17 Å². The lowest BCUT2D eigenvalue weighted by atomic mass is 10.2. The largest absolute Gasteiger partial charge is 0.327 e. The van der Waals surface area contributed by atoms with E-state index in [1.807, 2.05) is 30.3 Å². The highest BCUT2D eigenvalue weighted by Crippen LogP contribution is 2.16. The molecule has 78 valence electrons. The first-order chi connectivity index (χ1) is 7.31. The van der Waals surface area contributed by atoms with Crippen molar-refractivity contribution in [1.82, 2.24) is 9.78 Å². The molecule has 2 aromatic rings. The molecule has 0 aliphatic heterocycles. The van der Waals surface area contributed by atoms with Gasteiger partial charge in [-0.1, -0.05) is 18.2 Å². The summed E-state index contributed by atoms with van der Waals surface area (Å²) >= 11 is 0. The highest BCUT2D eigenvalue weighted by molar-refractivity contribution is 5.31. The quantitative estimate of drug-likeness (QED) is 0.830. The molecule has 15 heavy (non-hydrogen) atoms. The van der Waals surface area contributed by atoms with Crippen LogP contribution in [0.3, 0.4) is 0 Å². The number of hydrogen-bond donors (Lipinski definition) is 1. The van der Waals surface area contributed by atoms with Gasteiger partial charge in [0.2, 0.25) is 0 Å². The van der Waals surface area contributed by atoms with Crippen LogP contribution >= 0.6 is 0 Å². The fourth-order valence-electron chi connectivity index (χ4n) is 1.36. The maximum absolute atomic E-state index is 13.2. The molecule has 3 nitrogen and oxygen atoms in total. The second-order valence-corrected chi connectivity index (χ2v) is 3.26. The molecule has 0 bridgehead atoms. The van der Waals surface area contributed by atoms with Crippen molar-refractivity contribution in [3.05, 3.63) is 48.3 Å². The van der Waals surface area contributed by atoms with Gasteiger partial charge < -0.3 is 5.73 Å². The molecule has 4 heteroatoms. The molecule has 0 saturated carbocycles. The summed E-state index contributed by atoms with van der Waals surface area (Å²) in [6.07, 6.45) is 2.03. The van der Waals surface area contributed by atoms with Gasteiger partial charge in [0.15, 0.2) is 0 Å². The maximum atomic E-state index is 13.2. The van der Waals surface area contributed by atoms with E-state index in [9.17, 15) is 4.39 Å². The van der Waals surface area contributed by atoms with Gasteiger partial charge in [-0.25, -0.2) is 9.07 Å². The molecule has 0 fully saturated rings. The van der Waals surface area contributed by atoms with Gasteiger partial charge in [-0.2, -0.15) is 5.10 Å². The molecule has 0 saturated heterocycles. The molecule has 0 spiro atoms. The number of alkyl halides is 1. The Morgan fingerprint density at radius 2 is 2.07 bits per heavy atom. The van der Waals surface area contributed by atoms with E-state index in [-0.39, 0.29) is 6.54 Å². The van der Waals surface area contributed by atoms with Gasteiger partial charge in [-0.15, -0.1) is 0 Å². The highest BCUT2D eigenvalue weighted by atomic mass is 19.1. The number of hydrogen-bond acceptors (Lipinski definition) is 2. The first kappa shape index (κ1) is 9.86. The molecule has 2 rings (SSSR count). The van der Waals surface area contributed by atoms with E-state index in [4.69, 9.17) is 5.73 Å². The fourth-order valence-corrected chi connectivity index (χ4v) is 1.36. The van der Waals surface area contributed by atoms with Gasteiger partial charge >= 0.3 is 0 Å². The summed E-state index contributed by atoms with van der Waals surface area (Å²) in [5.74, 6) is 0. The zero-order valence-corrected chi connectivity index (χ0v) is 8.18. The predicted octanol–water partition coefficient (Wildman–Crippen LogP) is 1.84. The number of rotatable bonds is 3. The van der Waals surface area contributed by atoms with E-state index in [1.54, 1.807) is 10.9 Å². The second kappa shape index (κ2) is 4.23. The molecule has 0 amide bonds. The van der Waals surface area contributed by atoms with Crippen LogP contribution < -0.4 is 5.73 Å². The third-order valence-corrected chi connectivity index (χ3v) is 2.19.